The van der Waals surface area contributed by atoms with Crippen molar-refractivity contribution in [3.63, 3.8) is 0 Å². The fraction of sp³-hybridized carbons (Fsp3) is 0.417. The lowest BCUT2D eigenvalue weighted by molar-refractivity contribution is 0.0696. The predicted octanol–water partition coefficient (Wildman–Crippen LogP) is 1.56. The van der Waals surface area contributed by atoms with Crippen LogP contribution in [0, 0.1) is 6.92 Å². The Morgan fingerprint density at radius 3 is 2.39 bits per heavy atom. The van der Waals surface area contributed by atoms with Gasteiger partial charge in [-0.3, -0.25) is 0 Å². The molecule has 1 fully saturated rings. The van der Waals surface area contributed by atoms with Gasteiger partial charge in [-0.1, -0.05) is 0 Å². The number of rotatable bonds is 3. The molecule has 0 saturated heterocycles. The Labute approximate surface area is 106 Å². The van der Waals surface area contributed by atoms with Gasteiger partial charge in [0.2, 0.25) is 0 Å². The number of carboxylic acid groups (broad SMARTS) is 1. The number of nitrogen functional groups attached to an aromatic ring is 1. The molecule has 0 atom stereocenters. The van der Waals surface area contributed by atoms with Gasteiger partial charge in [0.1, 0.15) is 0 Å². The number of nitrogens with two attached hydrogens (primary N) is 1. The summed E-state index contributed by atoms with van der Waals surface area (Å²) in [6.07, 6.45) is 2.86. The maximum Gasteiger partial charge on any atom is 0.336 e. The van der Waals surface area contributed by atoms with Crippen LogP contribution in [0.1, 0.15) is 40.2 Å². The highest BCUT2D eigenvalue weighted by atomic mass is 32.2. The Morgan fingerprint density at radius 2 is 2.00 bits per heavy atom. The summed E-state index contributed by atoms with van der Waals surface area (Å²) in [6.45, 7) is 1.64. The van der Waals surface area contributed by atoms with E-state index in [9.17, 15) is 13.2 Å². The minimum atomic E-state index is -3.45. The van der Waals surface area contributed by atoms with Gasteiger partial charge >= 0.3 is 5.97 Å². The molecule has 1 aromatic rings. The predicted molar refractivity (Wildman–Crippen MR) is 67.6 cm³/mol. The van der Waals surface area contributed by atoms with Crippen molar-refractivity contribution < 1.29 is 18.3 Å². The van der Waals surface area contributed by atoms with Gasteiger partial charge in [0.15, 0.2) is 9.84 Å². The number of sulfone groups is 1. The molecule has 3 N–H and O–H groups in total. The summed E-state index contributed by atoms with van der Waals surface area (Å²) in [4.78, 5) is 11.2. The smallest absolute Gasteiger partial charge is 0.336 e. The highest BCUT2D eigenvalue weighted by Gasteiger charge is 2.33. The number of carbonyl (C=O) groups is 1. The molecule has 1 aliphatic rings. The van der Waals surface area contributed by atoms with Crippen LogP contribution >= 0.6 is 0 Å². The molecule has 0 amide bonds. The van der Waals surface area contributed by atoms with E-state index in [4.69, 9.17) is 10.8 Å². The summed E-state index contributed by atoms with van der Waals surface area (Å²) in [7, 11) is -3.45. The van der Waals surface area contributed by atoms with Crippen LogP contribution in [0.2, 0.25) is 0 Å². The summed E-state index contributed by atoms with van der Waals surface area (Å²) < 4.78 is 23.6. The Balaban J connectivity index is 2.83. The summed E-state index contributed by atoms with van der Waals surface area (Å²) in [5, 5.41) is 9.11. The van der Waals surface area contributed by atoms with Gasteiger partial charge < -0.3 is 10.8 Å². The van der Waals surface area contributed by atoms with E-state index in [2.05, 4.69) is 0 Å². The van der Waals surface area contributed by atoms with E-state index >= 15 is 0 Å². The molecule has 1 aromatic carbocycles. The van der Waals surface area contributed by atoms with Gasteiger partial charge in [-0.15, -0.1) is 0 Å². The standard InChI is InChI=1S/C12H15NO4S/c1-6-8(12(14)15)5-9(13)11(18(2,16)17)10(6)7-3-4-7/h5,7H,3-4,13H2,1-2H3,(H,14,15). The third-order valence-corrected chi connectivity index (χ3v) is 4.40. The molecule has 18 heavy (non-hydrogen) atoms. The number of aromatic carboxylic acids is 1. The van der Waals surface area contributed by atoms with Crippen molar-refractivity contribution in [2.24, 2.45) is 0 Å². The third-order valence-electron chi connectivity index (χ3n) is 3.20. The molecule has 0 aromatic heterocycles. The first-order chi connectivity index (χ1) is 8.23. The lowest BCUT2D eigenvalue weighted by atomic mass is 9.97. The molecule has 5 nitrogen and oxygen atoms in total. The second kappa shape index (κ2) is 3.98. The average molecular weight is 269 g/mol. The van der Waals surface area contributed by atoms with Gasteiger partial charge in [0.25, 0.3) is 0 Å². The fourth-order valence-electron chi connectivity index (χ4n) is 2.30. The van der Waals surface area contributed by atoms with Gasteiger partial charge in [-0.2, -0.15) is 0 Å². The molecule has 0 unspecified atom stereocenters. The molecular formula is C12H15NO4S. The zero-order valence-corrected chi connectivity index (χ0v) is 11.0. The third kappa shape index (κ3) is 2.08. The van der Waals surface area contributed by atoms with E-state index in [1.807, 2.05) is 0 Å². The fourth-order valence-corrected chi connectivity index (χ4v) is 3.51. The van der Waals surface area contributed by atoms with Crippen LogP contribution in [0.15, 0.2) is 11.0 Å². The van der Waals surface area contributed by atoms with Gasteiger partial charge in [0.05, 0.1) is 16.1 Å². The van der Waals surface area contributed by atoms with Crippen molar-refractivity contribution in [3.8, 4) is 0 Å². The number of hydrogen-bond acceptors (Lipinski definition) is 4. The minimum absolute atomic E-state index is 0.0300. The Bertz CT molecular complexity index is 630. The molecule has 0 spiro atoms. The molecular weight excluding hydrogens is 254 g/mol. The van der Waals surface area contributed by atoms with Crippen molar-refractivity contribution in [2.75, 3.05) is 12.0 Å². The number of hydrogen-bond donors (Lipinski definition) is 2. The first kappa shape index (κ1) is 12.9. The Hall–Kier alpha value is -1.56. The Kier molecular flexibility index (Phi) is 2.85. The van der Waals surface area contributed by atoms with Crippen molar-refractivity contribution in [1.29, 1.82) is 0 Å². The SMILES string of the molecule is Cc1c(C(=O)O)cc(N)c(S(C)(=O)=O)c1C1CC1. The first-order valence-electron chi connectivity index (χ1n) is 5.59. The lowest BCUT2D eigenvalue weighted by Crippen LogP contribution is -2.12. The van der Waals surface area contributed by atoms with E-state index in [-0.39, 0.29) is 22.1 Å². The monoisotopic (exact) mass is 269 g/mol. The first-order valence-corrected chi connectivity index (χ1v) is 7.49. The van der Waals surface area contributed by atoms with E-state index in [0.29, 0.717) is 11.1 Å². The molecule has 0 heterocycles. The van der Waals surface area contributed by atoms with Crippen LogP contribution in [-0.2, 0) is 9.84 Å². The van der Waals surface area contributed by atoms with Gasteiger partial charge in [0, 0.05) is 6.26 Å². The second-order valence-corrected chi connectivity index (χ2v) is 6.69. The van der Waals surface area contributed by atoms with Crippen molar-refractivity contribution in [2.45, 2.75) is 30.6 Å². The average Bonchev–Trinajstić information content (AvgIpc) is 3.01. The highest BCUT2D eigenvalue weighted by Crippen LogP contribution is 2.46. The van der Waals surface area contributed by atoms with Crippen molar-refractivity contribution in [3.05, 3.63) is 22.8 Å². The second-order valence-electron chi connectivity index (χ2n) is 4.73. The van der Waals surface area contributed by atoms with Crippen LogP contribution in [0.25, 0.3) is 0 Å². The summed E-state index contributed by atoms with van der Waals surface area (Å²) >= 11 is 0. The van der Waals surface area contributed by atoms with Crippen LogP contribution in [0.5, 0.6) is 0 Å². The molecule has 1 aliphatic carbocycles. The van der Waals surface area contributed by atoms with Crippen LogP contribution in [-0.4, -0.2) is 25.7 Å². The topological polar surface area (TPSA) is 97.5 Å². The quantitative estimate of drug-likeness (QED) is 0.811. The maximum atomic E-state index is 11.8. The maximum absolute atomic E-state index is 11.8. The number of anilines is 1. The van der Waals surface area contributed by atoms with E-state index in [1.165, 1.54) is 6.07 Å². The molecule has 1 saturated carbocycles. The molecule has 6 heteroatoms. The zero-order chi connectivity index (χ0) is 13.7. The van der Waals surface area contributed by atoms with Gasteiger partial charge in [-0.25, -0.2) is 13.2 Å². The molecule has 0 bridgehead atoms. The minimum Gasteiger partial charge on any atom is -0.478 e. The van der Waals surface area contributed by atoms with E-state index in [1.54, 1.807) is 6.92 Å². The lowest BCUT2D eigenvalue weighted by Gasteiger charge is -2.15. The van der Waals surface area contributed by atoms with Crippen LogP contribution in [0.3, 0.4) is 0 Å². The van der Waals surface area contributed by atoms with Crippen molar-refractivity contribution >= 4 is 21.5 Å². The molecule has 98 valence electrons. The van der Waals surface area contributed by atoms with E-state index < -0.39 is 15.8 Å². The van der Waals surface area contributed by atoms with Crippen LogP contribution in [0.4, 0.5) is 5.69 Å². The number of carboxylic acids is 1. The van der Waals surface area contributed by atoms with Gasteiger partial charge in [-0.05, 0) is 42.9 Å². The largest absolute Gasteiger partial charge is 0.478 e. The summed E-state index contributed by atoms with van der Waals surface area (Å²) in [6, 6.07) is 1.24. The number of benzene rings is 1. The Morgan fingerprint density at radius 1 is 1.44 bits per heavy atom. The molecule has 2 rings (SSSR count). The highest BCUT2D eigenvalue weighted by molar-refractivity contribution is 7.91. The van der Waals surface area contributed by atoms with Crippen molar-refractivity contribution in [1.82, 2.24) is 0 Å². The molecule has 0 aliphatic heterocycles. The van der Waals surface area contributed by atoms with E-state index in [0.717, 1.165) is 19.1 Å². The zero-order valence-electron chi connectivity index (χ0n) is 10.2. The normalized spacial score (nSPS) is 15.7. The molecule has 0 radical (unpaired) electrons. The summed E-state index contributed by atoms with van der Waals surface area (Å²) in [5.74, 6) is -0.961. The summed E-state index contributed by atoms with van der Waals surface area (Å²) in [5.41, 5.74) is 6.96. The van der Waals surface area contributed by atoms with Crippen LogP contribution < -0.4 is 5.73 Å².